The van der Waals surface area contributed by atoms with E-state index in [1.807, 2.05) is 12.1 Å². The van der Waals surface area contributed by atoms with Gasteiger partial charge in [0.15, 0.2) is 0 Å². The molecule has 2 heterocycles. The van der Waals surface area contributed by atoms with Gasteiger partial charge in [0.25, 0.3) is 0 Å². The summed E-state index contributed by atoms with van der Waals surface area (Å²) in [6, 6.07) is 7.75. The largest absolute Gasteiger partial charge is 0.312 e. The maximum absolute atomic E-state index is 13.5. The highest BCUT2D eigenvalue weighted by Crippen LogP contribution is 2.26. The first-order valence-corrected chi connectivity index (χ1v) is 8.14. The fourth-order valence-corrected chi connectivity index (χ4v) is 4.12. The minimum atomic E-state index is -0.0933. The van der Waals surface area contributed by atoms with Crippen molar-refractivity contribution < 1.29 is 4.39 Å². The Balaban J connectivity index is 1.45. The van der Waals surface area contributed by atoms with Gasteiger partial charge in [-0.25, -0.2) is 4.39 Å². The molecule has 2 aliphatic rings. The van der Waals surface area contributed by atoms with Crippen LogP contribution in [0.4, 0.5) is 4.39 Å². The van der Waals surface area contributed by atoms with Crippen molar-refractivity contribution in [3.63, 3.8) is 0 Å². The molecule has 2 nitrogen and oxygen atoms in total. The van der Waals surface area contributed by atoms with Gasteiger partial charge in [0.2, 0.25) is 0 Å². The Bertz CT molecular complexity index is 412. The molecule has 0 radical (unpaired) electrons. The summed E-state index contributed by atoms with van der Waals surface area (Å²) in [5, 5.41) is 3.62. The van der Waals surface area contributed by atoms with Crippen LogP contribution in [0.15, 0.2) is 29.2 Å². The van der Waals surface area contributed by atoms with Crippen LogP contribution in [-0.4, -0.2) is 42.9 Å². The van der Waals surface area contributed by atoms with Crippen LogP contribution in [0.3, 0.4) is 0 Å². The number of nitrogens with one attached hydrogen (secondary N) is 1. The minimum Gasteiger partial charge on any atom is -0.312 e. The van der Waals surface area contributed by atoms with Gasteiger partial charge < -0.3 is 10.2 Å². The van der Waals surface area contributed by atoms with Crippen LogP contribution in [0.25, 0.3) is 0 Å². The first-order chi connectivity index (χ1) is 9.33. The van der Waals surface area contributed by atoms with Gasteiger partial charge in [-0.05, 0) is 37.4 Å². The fraction of sp³-hybridized carbons (Fsp3) is 0.600. The van der Waals surface area contributed by atoms with E-state index in [1.54, 1.807) is 17.8 Å². The topological polar surface area (TPSA) is 15.3 Å². The molecule has 0 bridgehead atoms. The van der Waals surface area contributed by atoms with Gasteiger partial charge in [-0.1, -0.05) is 12.1 Å². The Kier molecular flexibility index (Phi) is 4.41. The number of nitrogens with zero attached hydrogens (tertiary/aromatic N) is 1. The van der Waals surface area contributed by atoms with Crippen molar-refractivity contribution in [1.29, 1.82) is 0 Å². The number of thioether (sulfide) groups is 1. The van der Waals surface area contributed by atoms with Crippen LogP contribution >= 0.6 is 11.8 Å². The van der Waals surface area contributed by atoms with Crippen molar-refractivity contribution in [3.05, 3.63) is 30.1 Å². The molecule has 1 aromatic carbocycles. The number of benzene rings is 1. The predicted molar refractivity (Wildman–Crippen MR) is 78.1 cm³/mol. The predicted octanol–water partition coefficient (Wildman–Crippen LogP) is 2.60. The lowest BCUT2D eigenvalue weighted by Crippen LogP contribution is -2.40. The van der Waals surface area contributed by atoms with Crippen molar-refractivity contribution in [2.24, 2.45) is 5.92 Å². The van der Waals surface area contributed by atoms with E-state index in [-0.39, 0.29) is 5.82 Å². The number of halogens is 1. The first-order valence-electron chi connectivity index (χ1n) is 7.16. The molecular formula is C15H21FN2S. The monoisotopic (exact) mass is 280 g/mol. The summed E-state index contributed by atoms with van der Waals surface area (Å²) < 4.78 is 13.5. The van der Waals surface area contributed by atoms with E-state index < -0.39 is 0 Å². The number of fused-ring (bicyclic) bond motifs is 1. The molecule has 2 fully saturated rings. The first kappa shape index (κ1) is 13.4. The Labute approximate surface area is 118 Å². The molecule has 0 saturated carbocycles. The van der Waals surface area contributed by atoms with Crippen molar-refractivity contribution >= 4 is 11.8 Å². The third-order valence-corrected chi connectivity index (χ3v) is 5.21. The molecule has 0 spiro atoms. The molecule has 0 unspecified atom stereocenters. The molecule has 2 saturated heterocycles. The molecule has 0 aliphatic carbocycles. The normalized spacial score (nSPS) is 27.4. The van der Waals surface area contributed by atoms with E-state index in [2.05, 4.69) is 10.2 Å². The van der Waals surface area contributed by atoms with E-state index in [0.29, 0.717) is 6.04 Å². The Hall–Kier alpha value is -0.580. The summed E-state index contributed by atoms with van der Waals surface area (Å²) in [7, 11) is 0. The average molecular weight is 280 g/mol. The number of piperidine rings is 1. The molecule has 104 valence electrons. The molecule has 19 heavy (non-hydrogen) atoms. The van der Waals surface area contributed by atoms with Gasteiger partial charge in [0.1, 0.15) is 5.82 Å². The minimum absolute atomic E-state index is 0.0933. The SMILES string of the molecule is Fc1ccccc1SCCN1C[C@@H]2CCCN[C@@H]2C1. The second-order valence-corrected chi connectivity index (χ2v) is 6.64. The van der Waals surface area contributed by atoms with E-state index in [9.17, 15) is 4.39 Å². The van der Waals surface area contributed by atoms with Crippen molar-refractivity contribution in [2.45, 2.75) is 23.8 Å². The molecule has 0 aromatic heterocycles. The van der Waals surface area contributed by atoms with E-state index >= 15 is 0 Å². The molecule has 4 heteroatoms. The molecule has 2 atom stereocenters. The Morgan fingerprint density at radius 2 is 2.21 bits per heavy atom. The molecule has 0 amide bonds. The quantitative estimate of drug-likeness (QED) is 0.854. The van der Waals surface area contributed by atoms with Crippen LogP contribution < -0.4 is 5.32 Å². The lowest BCUT2D eigenvalue weighted by molar-refractivity contribution is 0.332. The fourth-order valence-electron chi connectivity index (χ4n) is 3.17. The van der Waals surface area contributed by atoms with E-state index in [1.165, 1.54) is 38.5 Å². The van der Waals surface area contributed by atoms with Crippen molar-refractivity contribution in [2.75, 3.05) is 31.9 Å². The molecule has 1 N–H and O–H groups in total. The molecule has 1 aromatic rings. The standard InChI is InChI=1S/C15H21FN2S/c16-13-5-1-2-6-15(13)19-9-8-18-10-12-4-3-7-17-14(12)11-18/h1-2,5-6,12,14,17H,3-4,7-11H2/t12-,14+/m0/s1. The van der Waals surface area contributed by atoms with Crippen LogP contribution in [0, 0.1) is 11.7 Å². The highest BCUT2D eigenvalue weighted by atomic mass is 32.2. The average Bonchev–Trinajstić information content (AvgIpc) is 2.83. The second-order valence-electron chi connectivity index (χ2n) is 5.50. The van der Waals surface area contributed by atoms with Gasteiger partial charge >= 0.3 is 0 Å². The summed E-state index contributed by atoms with van der Waals surface area (Å²) in [6.07, 6.45) is 2.69. The van der Waals surface area contributed by atoms with Gasteiger partial charge in [0, 0.05) is 36.3 Å². The zero-order chi connectivity index (χ0) is 13.1. The Morgan fingerprint density at radius 1 is 1.32 bits per heavy atom. The molecule has 3 rings (SSSR count). The lowest BCUT2D eigenvalue weighted by atomic mass is 9.94. The molecular weight excluding hydrogens is 259 g/mol. The van der Waals surface area contributed by atoms with Gasteiger partial charge in [0.05, 0.1) is 0 Å². The Morgan fingerprint density at radius 3 is 3.05 bits per heavy atom. The maximum Gasteiger partial charge on any atom is 0.136 e. The second kappa shape index (κ2) is 6.25. The van der Waals surface area contributed by atoms with E-state index in [0.717, 1.165) is 23.1 Å². The number of hydrogen-bond donors (Lipinski definition) is 1. The van der Waals surface area contributed by atoms with Crippen LogP contribution in [-0.2, 0) is 0 Å². The van der Waals surface area contributed by atoms with Crippen LogP contribution in [0.2, 0.25) is 0 Å². The summed E-state index contributed by atoms with van der Waals surface area (Å²) in [4.78, 5) is 3.30. The summed E-state index contributed by atoms with van der Waals surface area (Å²) >= 11 is 1.63. The van der Waals surface area contributed by atoms with Crippen molar-refractivity contribution in [3.8, 4) is 0 Å². The summed E-state index contributed by atoms with van der Waals surface area (Å²) in [5.41, 5.74) is 0. The number of likely N-dealkylation sites (tertiary alicyclic amines) is 1. The lowest BCUT2D eigenvalue weighted by Gasteiger charge is -2.24. The van der Waals surface area contributed by atoms with Gasteiger partial charge in [-0.3, -0.25) is 0 Å². The van der Waals surface area contributed by atoms with Gasteiger partial charge in [-0.2, -0.15) is 0 Å². The number of rotatable bonds is 4. The maximum atomic E-state index is 13.5. The molecule has 2 aliphatic heterocycles. The van der Waals surface area contributed by atoms with E-state index in [4.69, 9.17) is 0 Å². The zero-order valence-corrected chi connectivity index (χ0v) is 12.0. The zero-order valence-electron chi connectivity index (χ0n) is 11.1. The number of hydrogen-bond acceptors (Lipinski definition) is 3. The van der Waals surface area contributed by atoms with Crippen molar-refractivity contribution in [1.82, 2.24) is 10.2 Å². The smallest absolute Gasteiger partial charge is 0.136 e. The third-order valence-electron chi connectivity index (χ3n) is 4.18. The highest BCUT2D eigenvalue weighted by molar-refractivity contribution is 7.99. The third kappa shape index (κ3) is 3.30. The highest BCUT2D eigenvalue weighted by Gasteiger charge is 2.33. The van der Waals surface area contributed by atoms with Gasteiger partial charge in [-0.15, -0.1) is 11.8 Å². The summed E-state index contributed by atoms with van der Waals surface area (Å²) in [6.45, 7) is 4.63. The van der Waals surface area contributed by atoms with Crippen LogP contribution in [0.5, 0.6) is 0 Å². The summed E-state index contributed by atoms with van der Waals surface area (Å²) in [5.74, 6) is 1.72. The van der Waals surface area contributed by atoms with Crippen LogP contribution in [0.1, 0.15) is 12.8 Å².